The second-order valence-corrected chi connectivity index (χ2v) is 5.19. The Labute approximate surface area is 122 Å². The zero-order valence-corrected chi connectivity index (χ0v) is 12.1. The van der Waals surface area contributed by atoms with Crippen molar-refractivity contribution in [1.82, 2.24) is 5.32 Å². The molecule has 20 heavy (non-hydrogen) atoms. The third-order valence-corrected chi connectivity index (χ3v) is 3.77. The lowest BCUT2D eigenvalue weighted by atomic mass is 9.95. The summed E-state index contributed by atoms with van der Waals surface area (Å²) < 4.78 is 26.7. The van der Waals surface area contributed by atoms with E-state index < -0.39 is 0 Å². The highest BCUT2D eigenvalue weighted by Crippen LogP contribution is 2.26. The molecule has 0 spiro atoms. The summed E-state index contributed by atoms with van der Waals surface area (Å²) in [5, 5.41) is 3.65. The number of rotatable bonds is 4. The molecule has 2 aromatic rings. The lowest BCUT2D eigenvalue weighted by Gasteiger charge is -2.20. The molecule has 0 aliphatic heterocycles. The van der Waals surface area contributed by atoms with Crippen LogP contribution in [-0.2, 0) is 6.42 Å². The maximum absolute atomic E-state index is 13.4. The van der Waals surface area contributed by atoms with Crippen LogP contribution in [-0.4, -0.2) is 7.05 Å². The zero-order chi connectivity index (χ0) is 14.7. The van der Waals surface area contributed by atoms with Gasteiger partial charge >= 0.3 is 0 Å². The SMILES string of the molecule is CNC(Cc1cc(F)ccc1Cl)c1cc(F)ccc1C. The van der Waals surface area contributed by atoms with Gasteiger partial charge < -0.3 is 5.32 Å². The molecule has 0 aliphatic rings. The van der Waals surface area contributed by atoms with Crippen molar-refractivity contribution in [3.05, 3.63) is 69.7 Å². The van der Waals surface area contributed by atoms with Gasteiger partial charge in [-0.1, -0.05) is 17.7 Å². The minimum Gasteiger partial charge on any atom is -0.313 e. The topological polar surface area (TPSA) is 12.0 Å². The molecule has 0 fully saturated rings. The molecule has 4 heteroatoms. The van der Waals surface area contributed by atoms with Gasteiger partial charge in [-0.2, -0.15) is 0 Å². The smallest absolute Gasteiger partial charge is 0.123 e. The van der Waals surface area contributed by atoms with Crippen LogP contribution >= 0.6 is 11.6 Å². The second-order valence-electron chi connectivity index (χ2n) is 4.78. The highest BCUT2D eigenvalue weighted by molar-refractivity contribution is 6.31. The third-order valence-electron chi connectivity index (χ3n) is 3.40. The summed E-state index contributed by atoms with van der Waals surface area (Å²) >= 11 is 6.09. The minimum atomic E-state index is -0.324. The summed E-state index contributed by atoms with van der Waals surface area (Å²) in [6.45, 7) is 1.92. The van der Waals surface area contributed by atoms with Crippen LogP contribution in [0.2, 0.25) is 5.02 Å². The van der Waals surface area contributed by atoms with Crippen LogP contribution in [0.3, 0.4) is 0 Å². The van der Waals surface area contributed by atoms with Gasteiger partial charge in [0.25, 0.3) is 0 Å². The molecule has 1 unspecified atom stereocenters. The molecule has 1 nitrogen and oxygen atoms in total. The fraction of sp³-hybridized carbons (Fsp3) is 0.250. The summed E-state index contributed by atoms with van der Waals surface area (Å²) in [5.41, 5.74) is 2.54. The fourth-order valence-electron chi connectivity index (χ4n) is 2.27. The van der Waals surface area contributed by atoms with Gasteiger partial charge in [-0.25, -0.2) is 8.78 Å². The summed E-state index contributed by atoms with van der Waals surface area (Å²) in [6.07, 6.45) is 0.497. The van der Waals surface area contributed by atoms with Crippen molar-refractivity contribution in [2.45, 2.75) is 19.4 Å². The van der Waals surface area contributed by atoms with Crippen LogP contribution in [0.25, 0.3) is 0 Å². The molecule has 1 atom stereocenters. The summed E-state index contributed by atoms with van der Waals surface area (Å²) in [7, 11) is 1.79. The normalized spacial score (nSPS) is 12.4. The maximum atomic E-state index is 13.4. The zero-order valence-electron chi connectivity index (χ0n) is 11.4. The molecule has 106 valence electrons. The van der Waals surface area contributed by atoms with E-state index >= 15 is 0 Å². The van der Waals surface area contributed by atoms with Crippen molar-refractivity contribution in [1.29, 1.82) is 0 Å². The first-order valence-electron chi connectivity index (χ1n) is 6.38. The van der Waals surface area contributed by atoms with Gasteiger partial charge in [-0.3, -0.25) is 0 Å². The third kappa shape index (κ3) is 3.35. The van der Waals surface area contributed by atoms with Crippen molar-refractivity contribution in [3.63, 3.8) is 0 Å². The van der Waals surface area contributed by atoms with E-state index in [0.29, 0.717) is 17.0 Å². The molecule has 2 rings (SSSR count). The van der Waals surface area contributed by atoms with E-state index in [-0.39, 0.29) is 17.7 Å². The predicted octanol–water partition coefficient (Wildman–Crippen LogP) is 4.43. The highest BCUT2D eigenvalue weighted by Gasteiger charge is 2.15. The van der Waals surface area contributed by atoms with E-state index in [4.69, 9.17) is 11.6 Å². The average molecular weight is 296 g/mol. The molecular formula is C16H16ClF2N. The van der Waals surface area contributed by atoms with Gasteiger partial charge in [-0.15, -0.1) is 0 Å². The molecule has 0 amide bonds. The Morgan fingerprint density at radius 1 is 1.10 bits per heavy atom. The van der Waals surface area contributed by atoms with Crippen molar-refractivity contribution in [2.24, 2.45) is 0 Å². The Balaban J connectivity index is 2.33. The Kier molecular flexibility index (Phi) is 4.73. The van der Waals surface area contributed by atoms with E-state index in [9.17, 15) is 8.78 Å². The van der Waals surface area contributed by atoms with Crippen LogP contribution in [0.1, 0.15) is 22.7 Å². The van der Waals surface area contributed by atoms with Gasteiger partial charge in [0.2, 0.25) is 0 Å². The summed E-state index contributed by atoms with van der Waals surface area (Å²) in [5.74, 6) is -0.605. The molecular weight excluding hydrogens is 280 g/mol. The predicted molar refractivity (Wildman–Crippen MR) is 78.1 cm³/mol. The molecule has 2 aromatic carbocycles. The minimum absolute atomic E-state index is 0.120. The second kappa shape index (κ2) is 6.33. The largest absolute Gasteiger partial charge is 0.313 e. The molecule has 1 N–H and O–H groups in total. The van der Waals surface area contributed by atoms with Crippen molar-refractivity contribution < 1.29 is 8.78 Å². The number of aryl methyl sites for hydroxylation is 1. The number of halogens is 3. The Morgan fingerprint density at radius 2 is 1.75 bits per heavy atom. The monoisotopic (exact) mass is 295 g/mol. The van der Waals surface area contributed by atoms with Gasteiger partial charge in [0.15, 0.2) is 0 Å². The lowest BCUT2D eigenvalue weighted by Crippen LogP contribution is -2.20. The average Bonchev–Trinajstić information content (AvgIpc) is 2.42. The standard InChI is InChI=1S/C16H16ClF2N/c1-10-3-4-13(19)9-14(10)16(20-2)8-11-7-12(18)5-6-15(11)17/h3-7,9,16,20H,8H2,1-2H3. The number of hydrogen-bond acceptors (Lipinski definition) is 1. The number of nitrogens with one attached hydrogen (secondary N) is 1. The van der Waals surface area contributed by atoms with Crippen LogP contribution in [0.4, 0.5) is 8.78 Å². The van der Waals surface area contributed by atoms with Gasteiger partial charge in [-0.05, 0) is 67.4 Å². The maximum Gasteiger partial charge on any atom is 0.123 e. The molecule has 0 saturated carbocycles. The Morgan fingerprint density at radius 3 is 2.45 bits per heavy atom. The van der Waals surface area contributed by atoms with Gasteiger partial charge in [0, 0.05) is 11.1 Å². The molecule has 0 radical (unpaired) electrons. The van der Waals surface area contributed by atoms with Crippen LogP contribution in [0.15, 0.2) is 36.4 Å². The Bertz CT molecular complexity index is 613. The molecule has 0 saturated heterocycles. The van der Waals surface area contributed by atoms with Crippen molar-refractivity contribution in [3.8, 4) is 0 Å². The van der Waals surface area contributed by atoms with Crippen LogP contribution in [0.5, 0.6) is 0 Å². The summed E-state index contributed by atoms with van der Waals surface area (Å²) in [4.78, 5) is 0. The van der Waals surface area contributed by atoms with E-state index in [1.54, 1.807) is 13.1 Å². The van der Waals surface area contributed by atoms with Gasteiger partial charge in [0.1, 0.15) is 11.6 Å². The van der Waals surface area contributed by atoms with E-state index in [2.05, 4.69) is 5.32 Å². The van der Waals surface area contributed by atoms with Gasteiger partial charge in [0.05, 0.1) is 0 Å². The summed E-state index contributed by atoms with van der Waals surface area (Å²) in [6, 6.07) is 8.84. The quantitative estimate of drug-likeness (QED) is 0.880. The Hall–Kier alpha value is -1.45. The van der Waals surface area contributed by atoms with Crippen LogP contribution < -0.4 is 5.32 Å². The fourth-order valence-corrected chi connectivity index (χ4v) is 2.47. The van der Waals surface area contributed by atoms with E-state index in [1.807, 2.05) is 6.92 Å². The van der Waals surface area contributed by atoms with E-state index in [0.717, 1.165) is 11.1 Å². The first-order valence-corrected chi connectivity index (χ1v) is 6.76. The van der Waals surface area contributed by atoms with Crippen molar-refractivity contribution >= 4 is 11.6 Å². The number of likely N-dealkylation sites (N-methyl/N-ethyl adjacent to an activating group) is 1. The molecule has 0 heterocycles. The molecule has 0 aromatic heterocycles. The lowest BCUT2D eigenvalue weighted by molar-refractivity contribution is 0.570. The van der Waals surface area contributed by atoms with E-state index in [1.165, 1.54) is 30.3 Å². The highest BCUT2D eigenvalue weighted by atomic mass is 35.5. The first-order chi connectivity index (χ1) is 9.51. The number of benzene rings is 2. The first kappa shape index (κ1) is 14.9. The number of hydrogen-bond donors (Lipinski definition) is 1. The van der Waals surface area contributed by atoms with Crippen molar-refractivity contribution in [2.75, 3.05) is 7.05 Å². The molecule has 0 aliphatic carbocycles. The van der Waals surface area contributed by atoms with Crippen LogP contribution in [0, 0.1) is 18.6 Å². The molecule has 0 bridgehead atoms.